The van der Waals surface area contributed by atoms with Crippen molar-refractivity contribution in [2.24, 2.45) is 0 Å². The Morgan fingerprint density at radius 3 is 2.68 bits per heavy atom. The number of hydrogen-bond donors (Lipinski definition) is 1. The molecule has 0 saturated carbocycles. The van der Waals surface area contributed by atoms with E-state index in [1.807, 2.05) is 62.5 Å². The predicted molar refractivity (Wildman–Crippen MR) is 118 cm³/mol. The van der Waals surface area contributed by atoms with Crippen LogP contribution in [0.3, 0.4) is 0 Å². The standard InChI is InChI=1S/C23H23FN2OS/c1-4-19(25-3)9-5-16(2)22-15-18-8-12-21(26-23(18)28-22)17-6-10-20(11-7-17)27-14-13-24/h4-12,15,25H,2,13-14H2,1,3H3/b9-5-,19-4+. The van der Waals surface area contributed by atoms with E-state index in [4.69, 9.17) is 9.72 Å². The van der Waals surface area contributed by atoms with E-state index in [-0.39, 0.29) is 6.61 Å². The summed E-state index contributed by atoms with van der Waals surface area (Å²) in [6, 6.07) is 13.8. The third-order valence-electron chi connectivity index (χ3n) is 4.26. The fourth-order valence-corrected chi connectivity index (χ4v) is 3.69. The second kappa shape index (κ2) is 9.33. The van der Waals surface area contributed by atoms with Gasteiger partial charge in [-0.1, -0.05) is 18.7 Å². The van der Waals surface area contributed by atoms with Crippen molar-refractivity contribution >= 4 is 27.1 Å². The van der Waals surface area contributed by atoms with Crippen LogP contribution in [-0.2, 0) is 0 Å². The lowest BCUT2D eigenvalue weighted by molar-refractivity contribution is 0.273. The Labute approximate surface area is 168 Å². The van der Waals surface area contributed by atoms with Gasteiger partial charge in [0.05, 0.1) is 5.69 Å². The number of pyridine rings is 1. The van der Waals surface area contributed by atoms with Gasteiger partial charge in [0.25, 0.3) is 0 Å². The summed E-state index contributed by atoms with van der Waals surface area (Å²) in [5.41, 5.74) is 3.88. The number of aromatic nitrogens is 1. The molecule has 0 aliphatic rings. The van der Waals surface area contributed by atoms with Gasteiger partial charge in [-0.15, -0.1) is 11.3 Å². The molecule has 0 radical (unpaired) electrons. The maximum absolute atomic E-state index is 12.2. The van der Waals surface area contributed by atoms with E-state index in [0.717, 1.165) is 37.6 Å². The van der Waals surface area contributed by atoms with Crippen molar-refractivity contribution in [1.82, 2.24) is 10.3 Å². The van der Waals surface area contributed by atoms with Gasteiger partial charge in [0.15, 0.2) is 0 Å². The second-order valence-electron chi connectivity index (χ2n) is 6.12. The Kier molecular flexibility index (Phi) is 6.61. The zero-order chi connectivity index (χ0) is 19.9. The number of benzene rings is 1. The number of nitrogens with zero attached hydrogens (tertiary/aromatic N) is 1. The van der Waals surface area contributed by atoms with E-state index in [2.05, 4.69) is 24.0 Å². The lowest BCUT2D eigenvalue weighted by Gasteiger charge is -2.05. The second-order valence-corrected chi connectivity index (χ2v) is 7.15. The van der Waals surface area contributed by atoms with E-state index in [0.29, 0.717) is 5.75 Å². The maximum atomic E-state index is 12.2. The molecule has 2 heterocycles. The normalized spacial score (nSPS) is 11.9. The Bertz CT molecular complexity index is 1020. The van der Waals surface area contributed by atoms with E-state index in [9.17, 15) is 4.39 Å². The Morgan fingerprint density at radius 2 is 2.00 bits per heavy atom. The molecule has 0 saturated heterocycles. The SMILES string of the molecule is C=C(/C=C\C(=C/C)NC)c1cc2ccc(-c3ccc(OCCF)cc3)nc2s1. The van der Waals surface area contributed by atoms with Gasteiger partial charge in [0, 0.05) is 28.6 Å². The smallest absolute Gasteiger partial charge is 0.124 e. The van der Waals surface area contributed by atoms with Crippen molar-refractivity contribution in [3.63, 3.8) is 0 Å². The average Bonchev–Trinajstić information content (AvgIpc) is 3.16. The summed E-state index contributed by atoms with van der Waals surface area (Å²) in [4.78, 5) is 6.86. The Balaban J connectivity index is 1.81. The van der Waals surface area contributed by atoms with Crippen LogP contribution >= 0.6 is 11.3 Å². The highest BCUT2D eigenvalue weighted by atomic mass is 32.1. The van der Waals surface area contributed by atoms with Crippen LogP contribution in [-0.4, -0.2) is 25.3 Å². The first-order chi connectivity index (χ1) is 13.6. The van der Waals surface area contributed by atoms with Crippen molar-refractivity contribution < 1.29 is 9.13 Å². The van der Waals surface area contributed by atoms with Gasteiger partial charge in [-0.3, -0.25) is 0 Å². The molecule has 0 fully saturated rings. The summed E-state index contributed by atoms with van der Waals surface area (Å²) in [7, 11) is 1.90. The first-order valence-electron chi connectivity index (χ1n) is 9.06. The number of allylic oxidation sites excluding steroid dienone is 4. The molecule has 0 aliphatic heterocycles. The topological polar surface area (TPSA) is 34.1 Å². The highest BCUT2D eigenvalue weighted by Gasteiger charge is 2.07. The number of nitrogens with one attached hydrogen (secondary N) is 1. The Hall–Kier alpha value is -2.92. The van der Waals surface area contributed by atoms with Crippen molar-refractivity contribution in [2.75, 3.05) is 20.3 Å². The van der Waals surface area contributed by atoms with Crippen molar-refractivity contribution in [2.45, 2.75) is 6.92 Å². The first kappa shape index (κ1) is 19.8. The molecule has 144 valence electrons. The lowest BCUT2D eigenvalue weighted by atomic mass is 10.1. The van der Waals surface area contributed by atoms with Crippen LogP contribution in [0, 0.1) is 0 Å². The van der Waals surface area contributed by atoms with Crippen LogP contribution in [0.15, 0.2) is 73.0 Å². The monoisotopic (exact) mass is 394 g/mol. The number of fused-ring (bicyclic) bond motifs is 1. The molecule has 2 aromatic heterocycles. The van der Waals surface area contributed by atoms with E-state index < -0.39 is 6.67 Å². The van der Waals surface area contributed by atoms with E-state index in [1.54, 1.807) is 11.3 Å². The minimum atomic E-state index is -0.494. The number of halogens is 1. The van der Waals surface area contributed by atoms with Gasteiger partial charge in [-0.05, 0) is 61.0 Å². The molecular formula is C23H23FN2OS. The highest BCUT2D eigenvalue weighted by molar-refractivity contribution is 7.19. The molecule has 1 aromatic carbocycles. The van der Waals surface area contributed by atoms with Crippen molar-refractivity contribution in [3.8, 4) is 17.0 Å². The third-order valence-corrected chi connectivity index (χ3v) is 5.38. The van der Waals surface area contributed by atoms with Crippen LogP contribution < -0.4 is 10.1 Å². The summed E-state index contributed by atoms with van der Waals surface area (Å²) < 4.78 is 17.5. The summed E-state index contributed by atoms with van der Waals surface area (Å²) >= 11 is 1.63. The summed E-state index contributed by atoms with van der Waals surface area (Å²) in [6.07, 6.45) is 6.03. The Morgan fingerprint density at radius 1 is 1.21 bits per heavy atom. The molecule has 0 spiro atoms. The number of likely N-dealkylation sites (N-methyl/N-ethyl adjacent to an activating group) is 1. The lowest BCUT2D eigenvalue weighted by Crippen LogP contribution is -2.01. The van der Waals surface area contributed by atoms with Gasteiger partial charge >= 0.3 is 0 Å². The number of ether oxygens (including phenoxy) is 1. The van der Waals surface area contributed by atoms with Crippen LogP contribution in [0.1, 0.15) is 11.8 Å². The average molecular weight is 395 g/mol. The minimum absolute atomic E-state index is 0.0731. The third kappa shape index (κ3) is 4.67. The molecular weight excluding hydrogens is 371 g/mol. The molecule has 1 N–H and O–H groups in total. The number of hydrogen-bond acceptors (Lipinski definition) is 4. The van der Waals surface area contributed by atoms with Gasteiger partial charge in [-0.25, -0.2) is 9.37 Å². The molecule has 5 heteroatoms. The zero-order valence-electron chi connectivity index (χ0n) is 16.0. The van der Waals surface area contributed by atoms with Crippen LogP contribution in [0.25, 0.3) is 27.0 Å². The fraction of sp³-hybridized carbons (Fsp3) is 0.174. The zero-order valence-corrected chi connectivity index (χ0v) is 16.9. The predicted octanol–water partition coefficient (Wildman–Crippen LogP) is 6.00. The first-order valence-corrected chi connectivity index (χ1v) is 9.87. The van der Waals surface area contributed by atoms with E-state index >= 15 is 0 Å². The molecule has 3 rings (SSSR count). The number of alkyl halides is 1. The van der Waals surface area contributed by atoms with Crippen LogP contribution in [0.2, 0.25) is 0 Å². The minimum Gasteiger partial charge on any atom is -0.491 e. The van der Waals surface area contributed by atoms with Crippen LogP contribution in [0.4, 0.5) is 4.39 Å². The maximum Gasteiger partial charge on any atom is 0.124 e. The van der Waals surface area contributed by atoms with Gasteiger partial charge in [0.1, 0.15) is 23.9 Å². The molecule has 0 bridgehead atoms. The van der Waals surface area contributed by atoms with Crippen molar-refractivity contribution in [1.29, 1.82) is 0 Å². The molecule has 0 aliphatic carbocycles. The molecule has 3 nitrogen and oxygen atoms in total. The van der Waals surface area contributed by atoms with Gasteiger partial charge in [-0.2, -0.15) is 0 Å². The van der Waals surface area contributed by atoms with Gasteiger partial charge in [0.2, 0.25) is 0 Å². The summed E-state index contributed by atoms with van der Waals surface area (Å²) in [5, 5.41) is 4.22. The largest absolute Gasteiger partial charge is 0.491 e. The van der Waals surface area contributed by atoms with Crippen LogP contribution in [0.5, 0.6) is 5.75 Å². The molecule has 0 atom stereocenters. The number of thiophene rings is 1. The van der Waals surface area contributed by atoms with Gasteiger partial charge < -0.3 is 10.1 Å². The molecule has 3 aromatic rings. The summed E-state index contributed by atoms with van der Waals surface area (Å²) in [5.74, 6) is 0.658. The van der Waals surface area contributed by atoms with E-state index in [1.165, 1.54) is 0 Å². The van der Waals surface area contributed by atoms with Crippen molar-refractivity contribution in [3.05, 3.63) is 77.8 Å². The highest BCUT2D eigenvalue weighted by Crippen LogP contribution is 2.31. The number of rotatable bonds is 8. The molecule has 0 unspecified atom stereocenters. The molecule has 0 amide bonds. The summed E-state index contributed by atoms with van der Waals surface area (Å²) in [6.45, 7) is 5.74. The molecule has 28 heavy (non-hydrogen) atoms. The fourth-order valence-electron chi connectivity index (χ4n) is 2.71. The quantitative estimate of drug-likeness (QED) is 0.476.